The Hall–Kier alpha value is -0.330. The zero-order chi connectivity index (χ0) is 10.9. The molecule has 0 aliphatic carbocycles. The Kier molecular flexibility index (Phi) is 3.18. The number of furan rings is 1. The summed E-state index contributed by atoms with van der Waals surface area (Å²) in [6.45, 7) is 0.939. The highest BCUT2D eigenvalue weighted by molar-refractivity contribution is 9.10. The number of hydrogen-bond acceptors (Lipinski definition) is 3. The van der Waals surface area contributed by atoms with Crippen LogP contribution < -0.4 is 0 Å². The van der Waals surface area contributed by atoms with E-state index >= 15 is 0 Å². The highest BCUT2D eigenvalue weighted by atomic mass is 79.9. The maximum Gasteiger partial charge on any atom is 0.214 e. The van der Waals surface area contributed by atoms with Crippen molar-refractivity contribution in [2.24, 2.45) is 0 Å². The van der Waals surface area contributed by atoms with Gasteiger partial charge in [-0.1, -0.05) is 0 Å². The molecule has 0 unspecified atom stereocenters. The van der Waals surface area contributed by atoms with Gasteiger partial charge in [-0.25, -0.2) is 8.42 Å². The summed E-state index contributed by atoms with van der Waals surface area (Å²) in [7, 11) is -3.05. The average molecular weight is 294 g/mol. The number of nitrogens with zero attached hydrogens (tertiary/aromatic N) is 1. The molecule has 1 saturated heterocycles. The fourth-order valence-corrected chi connectivity index (χ4v) is 3.53. The van der Waals surface area contributed by atoms with Crippen LogP contribution in [0.25, 0.3) is 0 Å². The number of halogens is 1. The van der Waals surface area contributed by atoms with Gasteiger partial charge in [-0.05, 0) is 40.9 Å². The van der Waals surface area contributed by atoms with Crippen LogP contribution in [0.5, 0.6) is 0 Å². The zero-order valence-corrected chi connectivity index (χ0v) is 10.6. The smallest absolute Gasteiger partial charge is 0.214 e. The van der Waals surface area contributed by atoms with Gasteiger partial charge in [0.15, 0.2) is 4.67 Å². The van der Waals surface area contributed by atoms with Crippen LogP contribution in [0.15, 0.2) is 21.2 Å². The van der Waals surface area contributed by atoms with Crippen molar-refractivity contribution in [3.63, 3.8) is 0 Å². The molecule has 0 spiro atoms. The lowest BCUT2D eigenvalue weighted by Crippen LogP contribution is -2.37. The molecule has 6 heteroatoms. The molecule has 0 saturated carbocycles. The molecule has 0 amide bonds. The molecule has 1 aliphatic rings. The van der Waals surface area contributed by atoms with Crippen LogP contribution in [-0.2, 0) is 16.6 Å². The molecule has 1 aliphatic heterocycles. The van der Waals surface area contributed by atoms with Gasteiger partial charge in [-0.15, -0.1) is 0 Å². The van der Waals surface area contributed by atoms with E-state index in [0.717, 1.165) is 12.8 Å². The molecular weight excluding hydrogens is 282 g/mol. The SMILES string of the molecule is O=S1(=O)CCCCN1Cc1ccc(Br)o1. The van der Waals surface area contributed by atoms with E-state index in [1.807, 2.05) is 0 Å². The first-order valence-corrected chi connectivity index (χ1v) is 7.20. The van der Waals surface area contributed by atoms with Crippen molar-refractivity contribution >= 4 is 26.0 Å². The first-order valence-electron chi connectivity index (χ1n) is 4.80. The van der Waals surface area contributed by atoms with E-state index in [1.165, 1.54) is 4.31 Å². The van der Waals surface area contributed by atoms with Gasteiger partial charge in [-0.3, -0.25) is 0 Å². The minimum Gasteiger partial charge on any atom is -0.453 e. The largest absolute Gasteiger partial charge is 0.453 e. The quantitative estimate of drug-likeness (QED) is 0.838. The van der Waals surface area contributed by atoms with Gasteiger partial charge in [0, 0.05) is 6.54 Å². The fraction of sp³-hybridized carbons (Fsp3) is 0.556. The van der Waals surface area contributed by atoms with Crippen molar-refractivity contribution in [2.45, 2.75) is 19.4 Å². The van der Waals surface area contributed by atoms with Crippen molar-refractivity contribution in [3.05, 3.63) is 22.6 Å². The Bertz CT molecular complexity index is 440. The molecule has 0 atom stereocenters. The first-order chi connectivity index (χ1) is 7.08. The molecule has 0 aromatic carbocycles. The highest BCUT2D eigenvalue weighted by Gasteiger charge is 2.26. The maximum absolute atomic E-state index is 11.7. The van der Waals surface area contributed by atoms with E-state index in [9.17, 15) is 8.42 Å². The lowest BCUT2D eigenvalue weighted by Gasteiger charge is -2.25. The molecule has 1 aromatic rings. The molecule has 0 N–H and O–H groups in total. The van der Waals surface area contributed by atoms with E-state index in [0.29, 0.717) is 23.5 Å². The monoisotopic (exact) mass is 293 g/mol. The lowest BCUT2D eigenvalue weighted by atomic mass is 10.3. The second kappa shape index (κ2) is 4.27. The average Bonchev–Trinajstić information content (AvgIpc) is 2.55. The molecule has 2 rings (SSSR count). The number of hydrogen-bond donors (Lipinski definition) is 0. The van der Waals surface area contributed by atoms with E-state index < -0.39 is 10.0 Å². The fourth-order valence-electron chi connectivity index (χ4n) is 1.63. The van der Waals surface area contributed by atoms with Gasteiger partial charge in [0.2, 0.25) is 10.0 Å². The number of rotatable bonds is 2. The van der Waals surface area contributed by atoms with Crippen LogP contribution in [-0.4, -0.2) is 25.0 Å². The van der Waals surface area contributed by atoms with Gasteiger partial charge in [0.25, 0.3) is 0 Å². The summed E-state index contributed by atoms with van der Waals surface area (Å²) in [6, 6.07) is 3.56. The predicted octanol–water partition coefficient (Wildman–Crippen LogP) is 1.97. The van der Waals surface area contributed by atoms with Crippen molar-refractivity contribution in [1.29, 1.82) is 0 Å². The van der Waals surface area contributed by atoms with E-state index in [2.05, 4.69) is 15.9 Å². The van der Waals surface area contributed by atoms with Crippen LogP contribution in [0.2, 0.25) is 0 Å². The molecule has 15 heavy (non-hydrogen) atoms. The minimum atomic E-state index is -3.05. The summed E-state index contributed by atoms with van der Waals surface area (Å²) in [5, 5.41) is 0. The summed E-state index contributed by atoms with van der Waals surface area (Å²) >= 11 is 3.19. The first kappa shape index (κ1) is 11.2. The molecule has 84 valence electrons. The third-order valence-corrected chi connectivity index (χ3v) is 4.74. The van der Waals surface area contributed by atoms with Crippen molar-refractivity contribution in [2.75, 3.05) is 12.3 Å². The Balaban J connectivity index is 2.11. The summed E-state index contributed by atoms with van der Waals surface area (Å²) in [5.41, 5.74) is 0. The molecule has 2 heterocycles. The van der Waals surface area contributed by atoms with E-state index in [-0.39, 0.29) is 5.75 Å². The van der Waals surface area contributed by atoms with Crippen molar-refractivity contribution < 1.29 is 12.8 Å². The molecule has 1 aromatic heterocycles. The van der Waals surface area contributed by atoms with Gasteiger partial charge < -0.3 is 4.42 Å². The second-order valence-corrected chi connectivity index (χ2v) is 6.43. The molecule has 4 nitrogen and oxygen atoms in total. The summed E-state index contributed by atoms with van der Waals surface area (Å²) in [6.07, 6.45) is 1.70. The van der Waals surface area contributed by atoms with Crippen LogP contribution >= 0.6 is 15.9 Å². The van der Waals surface area contributed by atoms with E-state index in [4.69, 9.17) is 4.42 Å². The normalized spacial score (nSPS) is 21.7. The predicted molar refractivity (Wildman–Crippen MR) is 59.8 cm³/mol. The van der Waals surface area contributed by atoms with E-state index in [1.54, 1.807) is 12.1 Å². The topological polar surface area (TPSA) is 50.5 Å². The minimum absolute atomic E-state index is 0.259. The highest BCUT2D eigenvalue weighted by Crippen LogP contribution is 2.20. The van der Waals surface area contributed by atoms with Gasteiger partial charge in [0.05, 0.1) is 12.3 Å². The molecule has 0 bridgehead atoms. The summed E-state index contributed by atoms with van der Waals surface area (Å²) in [5.74, 6) is 0.932. The maximum atomic E-state index is 11.7. The van der Waals surface area contributed by atoms with Crippen LogP contribution in [0, 0.1) is 0 Å². The van der Waals surface area contributed by atoms with Crippen molar-refractivity contribution in [1.82, 2.24) is 4.31 Å². The lowest BCUT2D eigenvalue weighted by molar-refractivity contribution is 0.341. The molecule has 0 radical (unpaired) electrons. The van der Waals surface area contributed by atoms with Gasteiger partial charge in [0.1, 0.15) is 5.76 Å². The Morgan fingerprint density at radius 1 is 1.40 bits per heavy atom. The standard InChI is InChI=1S/C9H12BrNO3S/c10-9-4-3-8(14-9)7-11-5-1-2-6-15(11,12)13/h3-4H,1-2,5-7H2. The second-order valence-electron chi connectivity index (χ2n) is 3.56. The summed E-state index contributed by atoms with van der Waals surface area (Å²) < 4.78 is 30.7. The van der Waals surface area contributed by atoms with Gasteiger partial charge in [-0.2, -0.15) is 4.31 Å². The van der Waals surface area contributed by atoms with Crippen LogP contribution in [0.4, 0.5) is 0 Å². The van der Waals surface area contributed by atoms with Gasteiger partial charge >= 0.3 is 0 Å². The third kappa shape index (κ3) is 2.62. The summed E-state index contributed by atoms with van der Waals surface area (Å²) in [4.78, 5) is 0. The van der Waals surface area contributed by atoms with Crippen LogP contribution in [0.1, 0.15) is 18.6 Å². The Morgan fingerprint density at radius 3 is 2.80 bits per heavy atom. The number of sulfonamides is 1. The molecular formula is C9H12BrNO3S. The zero-order valence-electron chi connectivity index (χ0n) is 8.15. The third-order valence-electron chi connectivity index (χ3n) is 2.41. The van der Waals surface area contributed by atoms with Crippen molar-refractivity contribution in [3.8, 4) is 0 Å². The molecule has 1 fully saturated rings. The Morgan fingerprint density at radius 2 is 2.20 bits per heavy atom. The van der Waals surface area contributed by atoms with Crippen LogP contribution in [0.3, 0.4) is 0 Å². The Labute approximate surface area is 97.4 Å².